The van der Waals surface area contributed by atoms with Crippen LogP contribution in [0.15, 0.2) is 36.4 Å². The van der Waals surface area contributed by atoms with Crippen LogP contribution in [0.1, 0.15) is 36.7 Å². The number of rotatable bonds is 3. The van der Waals surface area contributed by atoms with E-state index >= 15 is 0 Å². The molecule has 0 radical (unpaired) electrons. The fourth-order valence-electron chi connectivity index (χ4n) is 4.31. The number of hydrogen-bond acceptors (Lipinski definition) is 4. The van der Waals surface area contributed by atoms with Crippen LogP contribution in [-0.2, 0) is 4.74 Å². The Morgan fingerprint density at radius 3 is 2.16 bits per heavy atom. The second kappa shape index (κ2) is 7.60. The normalized spacial score (nSPS) is 18.4. The number of anilines is 1. The molecule has 2 aromatic rings. The van der Waals surface area contributed by atoms with Gasteiger partial charge in [-0.1, -0.05) is 33.9 Å². The molecule has 2 aliphatic heterocycles. The summed E-state index contributed by atoms with van der Waals surface area (Å²) in [4.78, 5) is 15.8. The van der Waals surface area contributed by atoms with Crippen molar-refractivity contribution >= 4 is 38.2 Å². The maximum Gasteiger partial charge on any atom is 0.250 e. The van der Waals surface area contributed by atoms with Crippen molar-refractivity contribution in [2.24, 2.45) is 0 Å². The molecular weight excluding hydrogens is 418 g/mol. The lowest BCUT2D eigenvalue weighted by atomic mass is 10.0. The quantitative estimate of drug-likeness (QED) is 0.651. The molecule has 4 nitrogen and oxygen atoms in total. The summed E-state index contributed by atoms with van der Waals surface area (Å²) >= 11 is 0. The molecule has 0 amide bonds. The molecule has 0 aliphatic carbocycles. The van der Waals surface area contributed by atoms with Crippen molar-refractivity contribution in [3.63, 3.8) is 0 Å². The van der Waals surface area contributed by atoms with Gasteiger partial charge in [0.15, 0.2) is 5.78 Å². The van der Waals surface area contributed by atoms with Crippen molar-refractivity contribution in [3.05, 3.63) is 47.5 Å². The van der Waals surface area contributed by atoms with Crippen LogP contribution < -0.4 is 19.7 Å². The Morgan fingerprint density at radius 1 is 0.968 bits per heavy atom. The molecule has 6 heteroatoms. The summed E-state index contributed by atoms with van der Waals surface area (Å²) in [5.74, 6) is 1.05. The minimum atomic E-state index is -2.06. The van der Waals surface area contributed by atoms with Gasteiger partial charge in [0.05, 0.1) is 13.2 Å². The van der Waals surface area contributed by atoms with E-state index in [1.165, 1.54) is 16.1 Å². The van der Waals surface area contributed by atoms with Gasteiger partial charge >= 0.3 is 0 Å². The highest BCUT2D eigenvalue weighted by Crippen LogP contribution is 2.37. The first-order valence-corrected chi connectivity index (χ1v) is 17.2. The summed E-state index contributed by atoms with van der Waals surface area (Å²) in [6, 6.07) is 12.6. The molecule has 0 aromatic heterocycles. The molecule has 1 saturated heterocycles. The average Bonchev–Trinajstić information content (AvgIpc) is 2.71. The Hall–Kier alpha value is -1.90. The molecule has 2 aromatic carbocycles. The minimum Gasteiger partial charge on any atom is -0.544 e. The number of ketones is 1. The number of fused-ring (bicyclic) bond motifs is 2. The molecule has 166 valence electrons. The van der Waals surface area contributed by atoms with Gasteiger partial charge in [0.1, 0.15) is 13.8 Å². The third-order valence-electron chi connectivity index (χ3n) is 7.39. The highest BCUT2D eigenvalue weighted by Gasteiger charge is 2.41. The van der Waals surface area contributed by atoms with Crippen LogP contribution in [-0.4, -0.2) is 48.5 Å². The van der Waals surface area contributed by atoms with Crippen molar-refractivity contribution in [1.29, 1.82) is 0 Å². The van der Waals surface area contributed by atoms with E-state index in [1.807, 2.05) is 18.2 Å². The van der Waals surface area contributed by atoms with Crippen LogP contribution in [0.5, 0.6) is 5.75 Å². The lowest BCUT2D eigenvalue weighted by molar-refractivity contribution is 0.104. The van der Waals surface area contributed by atoms with Gasteiger partial charge in [-0.2, -0.15) is 0 Å². The van der Waals surface area contributed by atoms with Gasteiger partial charge in [-0.3, -0.25) is 4.79 Å². The number of benzene rings is 2. The molecule has 0 unspecified atom stereocenters. The number of morpholine rings is 1. The van der Waals surface area contributed by atoms with Crippen molar-refractivity contribution < 1.29 is 14.0 Å². The summed E-state index contributed by atoms with van der Waals surface area (Å²) in [6.45, 7) is 19.3. The van der Waals surface area contributed by atoms with Gasteiger partial charge in [0, 0.05) is 29.9 Å². The van der Waals surface area contributed by atoms with E-state index in [0.717, 1.165) is 43.2 Å². The van der Waals surface area contributed by atoms with Gasteiger partial charge in [-0.05, 0) is 64.9 Å². The Bertz CT molecular complexity index is 1020. The zero-order chi connectivity index (χ0) is 22.6. The second-order valence-electron chi connectivity index (χ2n) is 10.9. The monoisotopic (exact) mass is 453 g/mol. The Balaban J connectivity index is 1.75. The summed E-state index contributed by atoms with van der Waals surface area (Å²) in [6.07, 6.45) is 0. The van der Waals surface area contributed by atoms with Gasteiger partial charge < -0.3 is 14.1 Å². The van der Waals surface area contributed by atoms with E-state index < -0.39 is 16.4 Å². The summed E-state index contributed by atoms with van der Waals surface area (Å²) in [5.41, 5.74) is 2.93. The summed E-state index contributed by atoms with van der Waals surface area (Å²) < 4.78 is 12.1. The molecule has 31 heavy (non-hydrogen) atoms. The zero-order valence-electron chi connectivity index (χ0n) is 20.0. The highest BCUT2D eigenvalue weighted by molar-refractivity contribution is 7.02. The van der Waals surface area contributed by atoms with Gasteiger partial charge in [0.2, 0.25) is 8.32 Å². The van der Waals surface area contributed by atoms with E-state index in [-0.39, 0.29) is 10.8 Å². The van der Waals surface area contributed by atoms with Crippen LogP contribution >= 0.6 is 0 Å². The van der Waals surface area contributed by atoms with Crippen LogP contribution in [0, 0.1) is 0 Å². The average molecular weight is 454 g/mol. The van der Waals surface area contributed by atoms with Crippen LogP contribution in [0.4, 0.5) is 5.69 Å². The Kier molecular flexibility index (Phi) is 5.47. The first kappa shape index (κ1) is 22.3. The van der Waals surface area contributed by atoms with Gasteiger partial charge in [-0.15, -0.1) is 0 Å². The lowest BCUT2D eigenvalue weighted by Gasteiger charge is -2.38. The smallest absolute Gasteiger partial charge is 0.250 e. The van der Waals surface area contributed by atoms with E-state index in [2.05, 4.69) is 70.1 Å². The van der Waals surface area contributed by atoms with Crippen molar-refractivity contribution in [2.45, 2.75) is 52.0 Å². The van der Waals surface area contributed by atoms with Crippen molar-refractivity contribution in [2.75, 3.05) is 31.2 Å². The Morgan fingerprint density at radius 2 is 1.55 bits per heavy atom. The van der Waals surface area contributed by atoms with E-state index in [4.69, 9.17) is 9.16 Å². The molecule has 0 bridgehead atoms. The topological polar surface area (TPSA) is 38.8 Å². The molecule has 4 rings (SSSR count). The maximum atomic E-state index is 13.4. The van der Waals surface area contributed by atoms with Gasteiger partial charge in [0.25, 0.3) is 0 Å². The molecule has 0 N–H and O–H groups in total. The lowest BCUT2D eigenvalue weighted by Crippen LogP contribution is -2.60. The predicted molar refractivity (Wildman–Crippen MR) is 134 cm³/mol. The third kappa shape index (κ3) is 3.90. The van der Waals surface area contributed by atoms with Crippen LogP contribution in [0.25, 0.3) is 0 Å². The molecule has 0 saturated carbocycles. The first-order valence-electron chi connectivity index (χ1n) is 11.3. The van der Waals surface area contributed by atoms with Crippen LogP contribution in [0.3, 0.4) is 0 Å². The predicted octanol–water partition coefficient (Wildman–Crippen LogP) is 4.27. The number of hydrogen-bond donors (Lipinski definition) is 0. The third-order valence-corrected chi connectivity index (χ3v) is 15.3. The minimum absolute atomic E-state index is 0.130. The summed E-state index contributed by atoms with van der Waals surface area (Å²) in [5, 5.41) is 2.56. The van der Waals surface area contributed by atoms with Crippen molar-refractivity contribution in [1.82, 2.24) is 0 Å². The highest BCUT2D eigenvalue weighted by atomic mass is 28.4. The Labute approximate surface area is 188 Å². The number of carbonyl (C=O) groups is 1. The standard InChI is InChI=1S/C25H35NO3Si2/c1-25(2,3)31(6,7)29-19-9-11-21-23(17-19)30(4,5)22-16-18(8-10-20(22)24(21)27)26-12-14-28-15-13-26/h8-11,16-17H,12-15H2,1-7H3. The number of nitrogens with zero attached hydrogens (tertiary/aromatic N) is 1. The zero-order valence-corrected chi connectivity index (χ0v) is 22.0. The molecular formula is C25H35NO3Si2. The van der Waals surface area contributed by atoms with Crippen LogP contribution in [0.2, 0.25) is 31.2 Å². The van der Waals surface area contributed by atoms with Gasteiger partial charge in [-0.25, -0.2) is 0 Å². The molecule has 1 fully saturated rings. The molecule has 2 heterocycles. The fourth-order valence-corrected chi connectivity index (χ4v) is 8.37. The second-order valence-corrected chi connectivity index (χ2v) is 19.9. The first-order chi connectivity index (χ1) is 14.4. The van der Waals surface area contributed by atoms with Crippen molar-refractivity contribution in [3.8, 4) is 5.75 Å². The van der Waals surface area contributed by atoms with E-state index in [1.54, 1.807) is 0 Å². The SMILES string of the molecule is CC(C)(C)[Si](C)(C)Oc1ccc2c(c1)[Si](C)(C)c1cc(N3CCOCC3)ccc1C2=O. The fraction of sp³-hybridized carbons (Fsp3) is 0.480. The summed E-state index contributed by atoms with van der Waals surface area (Å²) in [7, 11) is -4.01. The molecule has 2 aliphatic rings. The molecule has 0 spiro atoms. The largest absolute Gasteiger partial charge is 0.544 e. The van der Waals surface area contributed by atoms with E-state index in [0.29, 0.717) is 0 Å². The molecule has 0 atom stereocenters. The number of ether oxygens (including phenoxy) is 1. The van der Waals surface area contributed by atoms with E-state index in [9.17, 15) is 4.79 Å². The number of carbonyl (C=O) groups excluding carboxylic acids is 1. The maximum absolute atomic E-state index is 13.4.